The predicted molar refractivity (Wildman–Crippen MR) is 69.6 cm³/mol. The average Bonchev–Trinajstić information content (AvgIpc) is 2.29. The zero-order valence-electron chi connectivity index (χ0n) is 9.53. The maximum atomic E-state index is 6.18. The summed E-state index contributed by atoms with van der Waals surface area (Å²) in [5.41, 5.74) is 2.57. The Morgan fingerprint density at radius 1 is 0.812 bits per heavy atom. The van der Waals surface area contributed by atoms with E-state index < -0.39 is 8.32 Å². The van der Waals surface area contributed by atoms with Crippen molar-refractivity contribution in [3.8, 4) is 16.9 Å². The minimum Gasteiger partial charge on any atom is -0.539 e. The van der Waals surface area contributed by atoms with Gasteiger partial charge in [-0.3, -0.25) is 0 Å². The molecule has 0 atom stereocenters. The van der Waals surface area contributed by atoms with Gasteiger partial charge in [-0.2, -0.15) is 0 Å². The second kappa shape index (κ2) is 3.22. The van der Waals surface area contributed by atoms with Crippen LogP contribution in [0.4, 0.5) is 0 Å². The predicted octanol–water partition coefficient (Wildman–Crippen LogP) is 3.16. The van der Waals surface area contributed by atoms with E-state index in [1.165, 1.54) is 16.3 Å². The summed E-state index contributed by atoms with van der Waals surface area (Å²) in [5.74, 6) is 1.04. The van der Waals surface area contributed by atoms with Crippen molar-refractivity contribution in [2.75, 3.05) is 0 Å². The van der Waals surface area contributed by atoms with Crippen LogP contribution in [0.2, 0.25) is 13.1 Å². The highest BCUT2D eigenvalue weighted by Gasteiger charge is 2.34. The van der Waals surface area contributed by atoms with Gasteiger partial charge in [-0.05, 0) is 29.9 Å². The van der Waals surface area contributed by atoms with E-state index in [9.17, 15) is 0 Å². The third kappa shape index (κ3) is 1.30. The summed E-state index contributed by atoms with van der Waals surface area (Å²) in [6, 6.07) is 16.9. The highest BCUT2D eigenvalue weighted by atomic mass is 28.4. The molecule has 2 aromatic carbocycles. The minimum absolute atomic E-state index is 1.04. The van der Waals surface area contributed by atoms with E-state index in [-0.39, 0.29) is 0 Å². The first kappa shape index (κ1) is 9.67. The number of hydrogen-bond donors (Lipinski definition) is 0. The Kier molecular flexibility index (Phi) is 1.95. The van der Waals surface area contributed by atoms with Gasteiger partial charge in [0.15, 0.2) is 0 Å². The second-order valence-corrected chi connectivity index (χ2v) is 8.42. The Balaban J connectivity index is 2.33. The molecule has 2 aromatic rings. The lowest BCUT2D eigenvalue weighted by Gasteiger charge is -2.33. The summed E-state index contributed by atoms with van der Waals surface area (Å²) >= 11 is 0. The largest absolute Gasteiger partial charge is 0.539 e. The molecule has 1 aliphatic rings. The van der Waals surface area contributed by atoms with Crippen molar-refractivity contribution >= 4 is 13.5 Å². The number of para-hydroxylation sites is 1. The number of hydrogen-bond acceptors (Lipinski definition) is 1. The molecular formula is C14H14OSi. The van der Waals surface area contributed by atoms with Crippen molar-refractivity contribution < 1.29 is 4.43 Å². The van der Waals surface area contributed by atoms with E-state index in [4.69, 9.17) is 4.43 Å². The zero-order chi connectivity index (χ0) is 11.2. The van der Waals surface area contributed by atoms with Gasteiger partial charge >= 0.3 is 0 Å². The Morgan fingerprint density at radius 2 is 1.44 bits per heavy atom. The molecule has 3 rings (SSSR count). The lowest BCUT2D eigenvalue weighted by atomic mass is 10.0. The van der Waals surface area contributed by atoms with Gasteiger partial charge in [0.05, 0.1) is 0 Å². The molecule has 0 saturated heterocycles. The highest BCUT2D eigenvalue weighted by Crippen LogP contribution is 2.35. The molecule has 0 amide bonds. The van der Waals surface area contributed by atoms with Gasteiger partial charge in [0.2, 0.25) is 0 Å². The molecule has 1 aliphatic heterocycles. The molecular weight excluding hydrogens is 212 g/mol. The van der Waals surface area contributed by atoms with Crippen LogP contribution >= 0.6 is 0 Å². The molecule has 80 valence electrons. The van der Waals surface area contributed by atoms with Gasteiger partial charge in [0.1, 0.15) is 5.75 Å². The fourth-order valence-corrected chi connectivity index (χ4v) is 4.55. The van der Waals surface area contributed by atoms with Crippen LogP contribution in [-0.2, 0) is 0 Å². The standard InChI is InChI=1S/C14H14OSi/c1-16(2)14-10-6-4-8-12(14)11-7-3-5-9-13(11)15-16/h3-10H,1-2H3. The third-order valence-corrected chi connectivity index (χ3v) is 5.58. The number of benzene rings is 2. The molecule has 16 heavy (non-hydrogen) atoms. The van der Waals surface area contributed by atoms with Crippen molar-refractivity contribution in [2.45, 2.75) is 13.1 Å². The van der Waals surface area contributed by atoms with E-state index in [0.29, 0.717) is 0 Å². The van der Waals surface area contributed by atoms with Gasteiger partial charge in [-0.1, -0.05) is 42.5 Å². The fourth-order valence-electron chi connectivity index (χ4n) is 2.35. The molecule has 0 fully saturated rings. The first-order chi connectivity index (χ1) is 7.68. The molecule has 0 N–H and O–H groups in total. The molecule has 1 nitrogen and oxygen atoms in total. The first-order valence-corrected chi connectivity index (χ1v) is 8.47. The number of rotatable bonds is 0. The molecule has 2 heteroatoms. The fraction of sp³-hybridized carbons (Fsp3) is 0.143. The molecule has 0 radical (unpaired) electrons. The van der Waals surface area contributed by atoms with E-state index >= 15 is 0 Å². The first-order valence-electron chi connectivity index (χ1n) is 5.56. The SMILES string of the molecule is C[Si]1(C)Oc2ccccc2-c2ccccc21. The summed E-state index contributed by atoms with van der Waals surface area (Å²) in [6.07, 6.45) is 0. The van der Waals surface area contributed by atoms with Gasteiger partial charge in [-0.25, -0.2) is 0 Å². The van der Waals surface area contributed by atoms with Crippen LogP contribution in [-0.4, -0.2) is 8.32 Å². The van der Waals surface area contributed by atoms with Crippen LogP contribution in [0.5, 0.6) is 5.75 Å². The average molecular weight is 226 g/mol. The third-order valence-electron chi connectivity index (χ3n) is 3.12. The van der Waals surface area contributed by atoms with Crippen LogP contribution in [0.1, 0.15) is 0 Å². The maximum Gasteiger partial charge on any atom is 0.277 e. The number of fused-ring (bicyclic) bond motifs is 3. The monoisotopic (exact) mass is 226 g/mol. The highest BCUT2D eigenvalue weighted by molar-refractivity contribution is 6.86. The summed E-state index contributed by atoms with van der Waals surface area (Å²) in [7, 11) is -1.76. The van der Waals surface area contributed by atoms with Crippen molar-refractivity contribution in [3.63, 3.8) is 0 Å². The molecule has 0 saturated carbocycles. The Hall–Kier alpha value is -1.54. The second-order valence-electron chi connectivity index (χ2n) is 4.65. The van der Waals surface area contributed by atoms with E-state index in [0.717, 1.165) is 5.75 Å². The Bertz CT molecular complexity index is 546. The lowest BCUT2D eigenvalue weighted by Crippen LogP contribution is -2.50. The van der Waals surface area contributed by atoms with Crippen LogP contribution in [0.3, 0.4) is 0 Å². The molecule has 0 aliphatic carbocycles. The molecule has 0 spiro atoms. The summed E-state index contributed by atoms with van der Waals surface area (Å²) in [6.45, 7) is 4.50. The summed E-state index contributed by atoms with van der Waals surface area (Å²) in [4.78, 5) is 0. The maximum absolute atomic E-state index is 6.18. The molecule has 1 heterocycles. The smallest absolute Gasteiger partial charge is 0.277 e. The zero-order valence-corrected chi connectivity index (χ0v) is 10.5. The molecule has 0 bridgehead atoms. The normalized spacial score (nSPS) is 15.9. The van der Waals surface area contributed by atoms with Gasteiger partial charge < -0.3 is 4.43 Å². The van der Waals surface area contributed by atoms with E-state index in [1.54, 1.807) is 0 Å². The van der Waals surface area contributed by atoms with Crippen LogP contribution in [0.25, 0.3) is 11.1 Å². The van der Waals surface area contributed by atoms with Crippen molar-refractivity contribution in [1.29, 1.82) is 0 Å². The van der Waals surface area contributed by atoms with Crippen molar-refractivity contribution in [2.24, 2.45) is 0 Å². The lowest BCUT2D eigenvalue weighted by molar-refractivity contribution is 0.563. The Labute approximate surface area is 96.8 Å². The minimum atomic E-state index is -1.76. The quantitative estimate of drug-likeness (QED) is 0.627. The summed E-state index contributed by atoms with van der Waals surface area (Å²) in [5, 5.41) is 1.40. The van der Waals surface area contributed by atoms with E-state index in [2.05, 4.69) is 55.6 Å². The Morgan fingerprint density at radius 3 is 2.25 bits per heavy atom. The van der Waals surface area contributed by atoms with Crippen molar-refractivity contribution in [1.82, 2.24) is 0 Å². The van der Waals surface area contributed by atoms with Gasteiger partial charge in [-0.15, -0.1) is 0 Å². The van der Waals surface area contributed by atoms with Gasteiger partial charge in [0, 0.05) is 5.56 Å². The van der Waals surface area contributed by atoms with Gasteiger partial charge in [0.25, 0.3) is 8.32 Å². The van der Waals surface area contributed by atoms with Crippen LogP contribution < -0.4 is 9.61 Å². The van der Waals surface area contributed by atoms with E-state index in [1.807, 2.05) is 6.07 Å². The summed E-state index contributed by atoms with van der Waals surface area (Å²) < 4.78 is 6.18. The molecule has 0 aromatic heterocycles. The molecule has 0 unspecified atom stereocenters. The topological polar surface area (TPSA) is 9.23 Å². The van der Waals surface area contributed by atoms with Crippen LogP contribution in [0.15, 0.2) is 48.5 Å². The van der Waals surface area contributed by atoms with Crippen molar-refractivity contribution in [3.05, 3.63) is 48.5 Å². The van der Waals surface area contributed by atoms with Crippen LogP contribution in [0, 0.1) is 0 Å².